The quantitative estimate of drug-likeness (QED) is 0.384. The monoisotopic (exact) mass is 243 g/mol. The third-order valence-corrected chi connectivity index (χ3v) is 1.53. The number of hydroxylamine groups is 1. The van der Waals surface area contributed by atoms with Crippen molar-refractivity contribution in [2.24, 2.45) is 0 Å². The lowest BCUT2D eigenvalue weighted by Gasteiger charge is -2.07. The average molecular weight is 243 g/mol. The molecule has 0 radical (unpaired) electrons. The van der Waals surface area contributed by atoms with E-state index in [1.807, 2.05) is 0 Å². The van der Waals surface area contributed by atoms with E-state index in [4.69, 9.17) is 0 Å². The van der Waals surface area contributed by atoms with Crippen molar-refractivity contribution >= 4 is 27.1 Å². The molecular weight excluding hydrogens is 243 g/mol. The van der Waals surface area contributed by atoms with Gasteiger partial charge in [-0.3, -0.25) is 0 Å². The summed E-state index contributed by atoms with van der Waals surface area (Å²) in [4.78, 5) is 9.55. The SMILES string of the molecule is O=C(F)N(OS(=O)(=O)F)S(=O)(=O)F. The molecule has 0 N–H and O–H groups in total. The maximum Gasteiger partial charge on any atom is 0.460 e. The number of hydrogen-bond acceptors (Lipinski definition) is 6. The predicted octanol–water partition coefficient (Wildman–Crippen LogP) is -0.262. The zero-order chi connectivity index (χ0) is 10.9. The van der Waals surface area contributed by atoms with Gasteiger partial charge in [0.25, 0.3) is 0 Å². The van der Waals surface area contributed by atoms with Gasteiger partial charge in [0.05, 0.1) is 0 Å². The zero-order valence-electron chi connectivity index (χ0n) is 5.35. The minimum Gasteiger partial charge on any atom is -0.230 e. The second-order valence-corrected chi connectivity index (χ2v) is 3.48. The molecular formula is CF3NO6S2. The van der Waals surface area contributed by atoms with Crippen LogP contribution < -0.4 is 0 Å². The highest BCUT2D eigenvalue weighted by Gasteiger charge is 2.34. The Morgan fingerprint density at radius 1 is 1.15 bits per heavy atom. The van der Waals surface area contributed by atoms with E-state index in [1.165, 1.54) is 0 Å². The van der Waals surface area contributed by atoms with Crippen molar-refractivity contribution in [3.63, 3.8) is 0 Å². The number of halogens is 3. The summed E-state index contributed by atoms with van der Waals surface area (Å²) in [5.74, 6) is 0. The topological polar surface area (TPSA) is 97.8 Å². The van der Waals surface area contributed by atoms with Gasteiger partial charge in [-0.2, -0.15) is 16.8 Å². The molecule has 0 aromatic heterocycles. The summed E-state index contributed by atoms with van der Waals surface area (Å²) in [5.41, 5.74) is 0. The number of nitrogens with zero attached hydrogens (tertiary/aromatic N) is 1. The Labute approximate surface area is 70.4 Å². The molecule has 13 heavy (non-hydrogen) atoms. The van der Waals surface area contributed by atoms with Gasteiger partial charge >= 0.3 is 27.1 Å². The normalized spacial score (nSPS) is 12.5. The summed E-state index contributed by atoms with van der Waals surface area (Å²) in [6.07, 6.45) is -3.15. The molecule has 0 unspecified atom stereocenters. The van der Waals surface area contributed by atoms with Crippen molar-refractivity contribution in [3.05, 3.63) is 0 Å². The number of carbonyl (C=O) groups excluding carboxylic acids is 1. The second kappa shape index (κ2) is 3.47. The zero-order valence-corrected chi connectivity index (χ0v) is 6.98. The van der Waals surface area contributed by atoms with Crippen LogP contribution in [0.15, 0.2) is 0 Å². The summed E-state index contributed by atoms with van der Waals surface area (Å²) in [6.45, 7) is 0. The molecule has 7 nitrogen and oxygen atoms in total. The molecule has 0 heterocycles. The Morgan fingerprint density at radius 3 is 1.62 bits per heavy atom. The molecule has 0 atom stereocenters. The van der Waals surface area contributed by atoms with E-state index < -0.39 is 31.5 Å². The van der Waals surface area contributed by atoms with Gasteiger partial charge in [0.1, 0.15) is 0 Å². The summed E-state index contributed by atoms with van der Waals surface area (Å²) < 4.78 is 73.7. The summed E-state index contributed by atoms with van der Waals surface area (Å²) >= 11 is 0. The molecule has 0 aliphatic rings. The summed E-state index contributed by atoms with van der Waals surface area (Å²) in [7, 11) is -12.1. The van der Waals surface area contributed by atoms with Crippen molar-refractivity contribution in [2.75, 3.05) is 0 Å². The molecule has 0 aromatic rings. The first kappa shape index (κ1) is 12.1. The minimum absolute atomic E-state index is 1.90. The third-order valence-electron chi connectivity index (χ3n) is 0.498. The highest BCUT2D eigenvalue weighted by Crippen LogP contribution is 2.10. The van der Waals surface area contributed by atoms with Crippen LogP contribution in [0.5, 0.6) is 0 Å². The first-order chi connectivity index (χ1) is 5.54. The van der Waals surface area contributed by atoms with Gasteiger partial charge in [-0.1, -0.05) is 12.1 Å². The van der Waals surface area contributed by atoms with E-state index in [1.54, 1.807) is 0 Å². The highest BCUT2D eigenvalue weighted by atomic mass is 32.3. The predicted molar refractivity (Wildman–Crippen MR) is 29.5 cm³/mol. The molecule has 1 amide bonds. The first-order valence-electron chi connectivity index (χ1n) is 2.12. The van der Waals surface area contributed by atoms with Crippen LogP contribution in [0.2, 0.25) is 0 Å². The summed E-state index contributed by atoms with van der Waals surface area (Å²) in [5, 5.41) is 0. The molecule has 0 rings (SSSR count). The molecule has 78 valence electrons. The smallest absolute Gasteiger partial charge is 0.230 e. The molecule has 0 spiro atoms. The van der Waals surface area contributed by atoms with E-state index in [9.17, 15) is 33.8 Å². The Bertz CT molecular complexity index is 396. The molecule has 0 bridgehead atoms. The van der Waals surface area contributed by atoms with Gasteiger partial charge in [0.15, 0.2) is 0 Å². The fraction of sp³-hybridized carbons (Fsp3) is 0. The largest absolute Gasteiger partial charge is 0.460 e. The van der Waals surface area contributed by atoms with E-state index >= 15 is 0 Å². The van der Waals surface area contributed by atoms with Crippen molar-refractivity contribution < 1.29 is 38.1 Å². The van der Waals surface area contributed by atoms with Crippen molar-refractivity contribution in [1.29, 1.82) is 0 Å². The maximum absolute atomic E-state index is 11.7. The molecule has 0 saturated carbocycles. The lowest BCUT2D eigenvalue weighted by atomic mass is 11.4. The number of rotatable bonds is 3. The van der Waals surface area contributed by atoms with Gasteiger partial charge in [-0.05, 0) is 4.47 Å². The standard InChI is InChI=1S/CF3NO6S2/c2-1(6)5(12(3,7)8)11-13(4,9)10. The lowest BCUT2D eigenvalue weighted by molar-refractivity contribution is 0.0497. The number of hydrogen-bond donors (Lipinski definition) is 0. The van der Waals surface area contributed by atoms with Crippen molar-refractivity contribution in [3.8, 4) is 0 Å². The maximum atomic E-state index is 11.7. The highest BCUT2D eigenvalue weighted by molar-refractivity contribution is 7.85. The van der Waals surface area contributed by atoms with Crippen molar-refractivity contribution in [2.45, 2.75) is 0 Å². The summed E-state index contributed by atoms with van der Waals surface area (Å²) in [6, 6.07) is 0. The van der Waals surface area contributed by atoms with Crippen LogP contribution in [0.1, 0.15) is 0 Å². The van der Waals surface area contributed by atoms with Crippen molar-refractivity contribution in [1.82, 2.24) is 4.47 Å². The van der Waals surface area contributed by atoms with Crippen LogP contribution in [-0.4, -0.2) is 27.5 Å². The molecule has 0 saturated heterocycles. The van der Waals surface area contributed by atoms with Crippen LogP contribution in [0.25, 0.3) is 0 Å². The molecule has 12 heteroatoms. The van der Waals surface area contributed by atoms with E-state index in [0.717, 1.165) is 0 Å². The van der Waals surface area contributed by atoms with Gasteiger partial charge < -0.3 is 0 Å². The average Bonchev–Trinajstić information content (AvgIpc) is 1.77. The number of amides is 1. The Morgan fingerprint density at radius 2 is 1.54 bits per heavy atom. The van der Waals surface area contributed by atoms with Crippen LogP contribution in [0.3, 0.4) is 0 Å². The van der Waals surface area contributed by atoms with Gasteiger partial charge in [-0.25, -0.2) is 4.79 Å². The van der Waals surface area contributed by atoms with Gasteiger partial charge in [-0.15, -0.1) is 4.39 Å². The Kier molecular flexibility index (Phi) is 3.23. The molecule has 0 fully saturated rings. The minimum atomic E-state index is -6.13. The van der Waals surface area contributed by atoms with E-state index in [-0.39, 0.29) is 0 Å². The molecule has 0 aliphatic carbocycles. The first-order valence-corrected chi connectivity index (χ1v) is 4.77. The molecule has 0 aromatic carbocycles. The third kappa shape index (κ3) is 4.64. The number of carbonyl (C=O) groups is 1. The Hall–Kier alpha value is -0.880. The van der Waals surface area contributed by atoms with E-state index in [2.05, 4.69) is 4.28 Å². The van der Waals surface area contributed by atoms with Gasteiger partial charge in [0.2, 0.25) is 0 Å². The van der Waals surface area contributed by atoms with Crippen LogP contribution in [0.4, 0.5) is 17.0 Å². The fourth-order valence-corrected chi connectivity index (χ4v) is 1.13. The Balaban J connectivity index is 5.00. The fourth-order valence-electron chi connectivity index (χ4n) is 0.232. The van der Waals surface area contributed by atoms with Crippen LogP contribution in [0, 0.1) is 0 Å². The van der Waals surface area contributed by atoms with E-state index in [0.29, 0.717) is 0 Å². The van der Waals surface area contributed by atoms with Crippen LogP contribution >= 0.6 is 0 Å². The lowest BCUT2D eigenvalue weighted by Crippen LogP contribution is -2.32. The van der Waals surface area contributed by atoms with Gasteiger partial charge in [0, 0.05) is 0 Å². The second-order valence-electron chi connectivity index (χ2n) is 1.39. The molecule has 0 aliphatic heterocycles. The van der Waals surface area contributed by atoms with Crippen LogP contribution in [-0.2, 0) is 25.2 Å².